The molecule has 0 radical (unpaired) electrons. The molecule has 0 aromatic rings. The topological polar surface area (TPSA) is 46.3 Å². The second-order valence-electron chi connectivity index (χ2n) is 8.51. The van der Waals surface area contributed by atoms with E-state index in [1.54, 1.807) is 0 Å². The van der Waals surface area contributed by atoms with Crippen molar-refractivity contribution in [1.29, 1.82) is 0 Å². The second kappa shape index (κ2) is 4.46. The van der Waals surface area contributed by atoms with Gasteiger partial charge in [0.1, 0.15) is 0 Å². The van der Waals surface area contributed by atoms with Crippen molar-refractivity contribution >= 4 is 5.91 Å². The molecule has 5 rings (SSSR count). The predicted molar refractivity (Wildman–Crippen MR) is 78.9 cm³/mol. The molecule has 2 atom stereocenters. The van der Waals surface area contributed by atoms with Gasteiger partial charge in [-0.3, -0.25) is 4.79 Å². The van der Waals surface area contributed by atoms with Crippen LogP contribution in [0.5, 0.6) is 0 Å². The Hall–Kier alpha value is -0.570. The van der Waals surface area contributed by atoms with Crippen LogP contribution >= 0.6 is 0 Å². The van der Waals surface area contributed by atoms with Crippen LogP contribution in [0.4, 0.5) is 0 Å². The highest BCUT2D eigenvalue weighted by Gasteiger charge is 2.55. The number of nitrogens with zero attached hydrogens (tertiary/aromatic N) is 1. The Bertz CT molecular complexity index is 374. The number of hydrogen-bond donors (Lipinski definition) is 1. The van der Waals surface area contributed by atoms with E-state index in [4.69, 9.17) is 5.73 Å². The molecule has 5 fully saturated rings. The summed E-state index contributed by atoms with van der Waals surface area (Å²) in [6.45, 7) is 3.97. The van der Waals surface area contributed by atoms with Crippen LogP contribution in [0.3, 0.4) is 0 Å². The van der Waals surface area contributed by atoms with E-state index in [-0.39, 0.29) is 11.5 Å². The molecular formula is C17H28N2O. The van der Waals surface area contributed by atoms with Gasteiger partial charge in [0.15, 0.2) is 0 Å². The zero-order valence-corrected chi connectivity index (χ0v) is 12.7. The zero-order chi connectivity index (χ0) is 13.9. The molecule has 4 saturated carbocycles. The Morgan fingerprint density at radius 2 is 1.55 bits per heavy atom. The van der Waals surface area contributed by atoms with Gasteiger partial charge in [0, 0.05) is 19.1 Å². The van der Waals surface area contributed by atoms with E-state index in [0.717, 1.165) is 37.3 Å². The van der Waals surface area contributed by atoms with E-state index < -0.39 is 0 Å². The number of rotatable bonds is 1. The Morgan fingerprint density at radius 3 is 2.05 bits per heavy atom. The molecule has 4 aliphatic carbocycles. The predicted octanol–water partition coefficient (Wildman–Crippen LogP) is 2.40. The highest BCUT2D eigenvalue weighted by Crippen LogP contribution is 2.60. The molecule has 20 heavy (non-hydrogen) atoms. The van der Waals surface area contributed by atoms with Crippen molar-refractivity contribution in [2.45, 2.75) is 57.9 Å². The average molecular weight is 276 g/mol. The van der Waals surface area contributed by atoms with Crippen molar-refractivity contribution in [2.24, 2.45) is 34.8 Å². The molecule has 0 aromatic heterocycles. The maximum atomic E-state index is 13.2. The van der Waals surface area contributed by atoms with Gasteiger partial charge in [-0.15, -0.1) is 0 Å². The standard InChI is InChI=1S/C17H28N2O/c1-11-2-15(18)10-19(9-11)16(20)17-6-12-3-13(7-17)5-14(4-12)8-17/h11-15H,2-10,18H2,1H3. The molecule has 3 heteroatoms. The summed E-state index contributed by atoms with van der Waals surface area (Å²) in [5.41, 5.74) is 6.17. The maximum absolute atomic E-state index is 13.2. The fourth-order valence-corrected chi connectivity index (χ4v) is 6.27. The van der Waals surface area contributed by atoms with Gasteiger partial charge in [0.25, 0.3) is 0 Å². The molecule has 2 N–H and O–H groups in total. The number of carbonyl (C=O) groups excluding carboxylic acids is 1. The quantitative estimate of drug-likeness (QED) is 0.799. The third-order valence-corrected chi connectivity index (χ3v) is 6.47. The van der Waals surface area contributed by atoms with E-state index in [1.165, 1.54) is 38.5 Å². The van der Waals surface area contributed by atoms with Crippen LogP contribution in [0.1, 0.15) is 51.9 Å². The number of amides is 1. The SMILES string of the molecule is CC1CC(N)CN(C(=O)C23CC4CC(CC(C4)C2)C3)C1. The highest BCUT2D eigenvalue weighted by atomic mass is 16.2. The van der Waals surface area contributed by atoms with Crippen molar-refractivity contribution in [1.82, 2.24) is 4.90 Å². The fraction of sp³-hybridized carbons (Fsp3) is 0.941. The molecule has 1 heterocycles. The first kappa shape index (κ1) is 13.1. The molecule has 0 spiro atoms. The summed E-state index contributed by atoms with van der Waals surface area (Å²) in [6, 6.07) is 0.191. The summed E-state index contributed by atoms with van der Waals surface area (Å²) in [5, 5.41) is 0. The minimum Gasteiger partial charge on any atom is -0.340 e. The van der Waals surface area contributed by atoms with Crippen LogP contribution in [0, 0.1) is 29.1 Å². The van der Waals surface area contributed by atoms with Crippen molar-refractivity contribution in [3.05, 3.63) is 0 Å². The van der Waals surface area contributed by atoms with Crippen molar-refractivity contribution < 1.29 is 4.79 Å². The van der Waals surface area contributed by atoms with Gasteiger partial charge < -0.3 is 10.6 Å². The smallest absolute Gasteiger partial charge is 0.228 e. The monoisotopic (exact) mass is 276 g/mol. The summed E-state index contributed by atoms with van der Waals surface area (Å²) in [5.74, 6) is 3.58. The molecule has 3 nitrogen and oxygen atoms in total. The number of hydrogen-bond acceptors (Lipinski definition) is 2. The Kier molecular flexibility index (Phi) is 2.93. The third-order valence-electron chi connectivity index (χ3n) is 6.47. The van der Waals surface area contributed by atoms with Crippen LogP contribution in [0.15, 0.2) is 0 Å². The van der Waals surface area contributed by atoms with Crippen molar-refractivity contribution in [3.63, 3.8) is 0 Å². The average Bonchev–Trinajstić information content (AvgIpc) is 2.35. The summed E-state index contributed by atoms with van der Waals surface area (Å²) in [4.78, 5) is 15.3. The Morgan fingerprint density at radius 1 is 1.00 bits per heavy atom. The maximum Gasteiger partial charge on any atom is 0.228 e. The first-order valence-corrected chi connectivity index (χ1v) is 8.59. The summed E-state index contributed by atoms with van der Waals surface area (Å²) < 4.78 is 0. The molecule has 1 aliphatic heterocycles. The van der Waals surface area contributed by atoms with E-state index in [9.17, 15) is 4.79 Å². The molecule has 1 saturated heterocycles. The molecule has 5 aliphatic rings. The van der Waals surface area contributed by atoms with Crippen LogP contribution in [0.25, 0.3) is 0 Å². The lowest BCUT2D eigenvalue weighted by molar-refractivity contribution is -0.159. The van der Waals surface area contributed by atoms with Crippen LogP contribution < -0.4 is 5.73 Å². The molecule has 2 unspecified atom stereocenters. The Labute approximate surface area is 122 Å². The third kappa shape index (κ3) is 2.01. The second-order valence-corrected chi connectivity index (χ2v) is 8.51. The van der Waals surface area contributed by atoms with Gasteiger partial charge in [-0.25, -0.2) is 0 Å². The lowest BCUT2D eigenvalue weighted by atomic mass is 9.49. The molecular weight excluding hydrogens is 248 g/mol. The number of carbonyl (C=O) groups is 1. The number of piperidine rings is 1. The molecule has 1 amide bonds. The van der Waals surface area contributed by atoms with Gasteiger partial charge >= 0.3 is 0 Å². The minimum absolute atomic E-state index is 0.0194. The van der Waals surface area contributed by atoms with Gasteiger partial charge in [-0.1, -0.05) is 6.92 Å². The van der Waals surface area contributed by atoms with Gasteiger partial charge in [0.05, 0.1) is 5.41 Å². The van der Waals surface area contributed by atoms with E-state index >= 15 is 0 Å². The lowest BCUT2D eigenvalue weighted by Crippen LogP contribution is -2.58. The molecule has 112 valence electrons. The van der Waals surface area contributed by atoms with E-state index in [1.807, 2.05) is 0 Å². The number of nitrogens with two attached hydrogens (primary N) is 1. The highest BCUT2D eigenvalue weighted by molar-refractivity contribution is 5.83. The van der Waals surface area contributed by atoms with Crippen LogP contribution in [0.2, 0.25) is 0 Å². The Balaban J connectivity index is 1.56. The summed E-state index contributed by atoms with van der Waals surface area (Å²) in [7, 11) is 0. The van der Waals surface area contributed by atoms with E-state index in [0.29, 0.717) is 11.8 Å². The van der Waals surface area contributed by atoms with Crippen LogP contribution in [-0.4, -0.2) is 29.9 Å². The molecule has 4 bridgehead atoms. The van der Waals surface area contributed by atoms with Gasteiger partial charge in [0.2, 0.25) is 5.91 Å². The lowest BCUT2D eigenvalue weighted by Gasteiger charge is -2.57. The first-order valence-electron chi connectivity index (χ1n) is 8.59. The largest absolute Gasteiger partial charge is 0.340 e. The van der Waals surface area contributed by atoms with Gasteiger partial charge in [-0.2, -0.15) is 0 Å². The normalized spacial score (nSPS) is 50.5. The molecule has 0 aromatic carbocycles. The minimum atomic E-state index is 0.0194. The fourth-order valence-electron chi connectivity index (χ4n) is 6.27. The summed E-state index contributed by atoms with van der Waals surface area (Å²) >= 11 is 0. The number of likely N-dealkylation sites (tertiary alicyclic amines) is 1. The van der Waals surface area contributed by atoms with Crippen molar-refractivity contribution in [3.8, 4) is 0 Å². The van der Waals surface area contributed by atoms with Gasteiger partial charge in [-0.05, 0) is 68.6 Å². The van der Waals surface area contributed by atoms with E-state index in [2.05, 4.69) is 11.8 Å². The van der Waals surface area contributed by atoms with Crippen molar-refractivity contribution in [2.75, 3.05) is 13.1 Å². The van der Waals surface area contributed by atoms with Crippen LogP contribution in [-0.2, 0) is 4.79 Å². The first-order chi connectivity index (χ1) is 9.54. The zero-order valence-electron chi connectivity index (χ0n) is 12.7. The summed E-state index contributed by atoms with van der Waals surface area (Å²) in [6.07, 6.45) is 8.83.